The van der Waals surface area contributed by atoms with E-state index >= 15 is 0 Å². The first-order chi connectivity index (χ1) is 14.5. The molecular weight excluding hydrogens is 440 g/mol. The van der Waals surface area contributed by atoms with Gasteiger partial charge in [0.25, 0.3) is 5.91 Å². The first kappa shape index (κ1) is 22.4. The number of thioether (sulfide) groups is 1. The number of hydrogen-bond donors (Lipinski definition) is 2. The van der Waals surface area contributed by atoms with Crippen LogP contribution in [0.3, 0.4) is 0 Å². The number of sulfonamides is 1. The zero-order chi connectivity index (χ0) is 21.4. The van der Waals surface area contributed by atoms with Crippen molar-refractivity contribution in [3.05, 3.63) is 65.2 Å². The molecule has 2 aromatic carbocycles. The minimum Gasteiger partial charge on any atom is -0.296 e. The summed E-state index contributed by atoms with van der Waals surface area (Å²) in [4.78, 5) is 13.7. The van der Waals surface area contributed by atoms with E-state index in [1.54, 1.807) is 23.9 Å². The van der Waals surface area contributed by atoms with Gasteiger partial charge in [-0.3, -0.25) is 10.1 Å². The van der Waals surface area contributed by atoms with E-state index in [0.717, 1.165) is 22.7 Å². The molecule has 0 bridgehead atoms. The monoisotopic (exact) mass is 462 g/mol. The highest BCUT2D eigenvalue weighted by molar-refractivity contribution is 7.98. The normalized spacial score (nSPS) is 11.4. The van der Waals surface area contributed by atoms with Gasteiger partial charge >= 0.3 is 0 Å². The smallest absolute Gasteiger partial charge is 0.257 e. The van der Waals surface area contributed by atoms with E-state index in [0.29, 0.717) is 17.4 Å². The summed E-state index contributed by atoms with van der Waals surface area (Å²) in [6.07, 6.45) is 1.64. The Morgan fingerprint density at radius 2 is 1.90 bits per heavy atom. The zero-order valence-corrected chi connectivity index (χ0v) is 18.8. The molecule has 3 aromatic rings. The summed E-state index contributed by atoms with van der Waals surface area (Å²) in [5, 5.41) is 12.0. The van der Waals surface area contributed by atoms with Gasteiger partial charge in [-0.2, -0.15) is 0 Å². The topological polar surface area (TPSA) is 101 Å². The summed E-state index contributed by atoms with van der Waals surface area (Å²) >= 11 is 2.93. The first-order valence-corrected chi connectivity index (χ1v) is 12.7. The molecule has 30 heavy (non-hydrogen) atoms. The van der Waals surface area contributed by atoms with Gasteiger partial charge in [-0.25, -0.2) is 13.1 Å². The molecule has 2 N–H and O–H groups in total. The largest absolute Gasteiger partial charge is 0.296 e. The van der Waals surface area contributed by atoms with E-state index in [4.69, 9.17) is 0 Å². The van der Waals surface area contributed by atoms with Crippen LogP contribution in [0, 0.1) is 0 Å². The molecule has 0 saturated carbocycles. The molecule has 3 rings (SSSR count). The zero-order valence-electron chi connectivity index (χ0n) is 16.4. The minimum atomic E-state index is -3.65. The molecule has 158 valence electrons. The van der Waals surface area contributed by atoms with E-state index < -0.39 is 15.9 Å². The first-order valence-electron chi connectivity index (χ1n) is 9.39. The number of benzene rings is 2. The van der Waals surface area contributed by atoms with Crippen LogP contribution < -0.4 is 10.0 Å². The van der Waals surface area contributed by atoms with Crippen molar-refractivity contribution in [1.29, 1.82) is 0 Å². The predicted molar refractivity (Wildman–Crippen MR) is 120 cm³/mol. The average Bonchev–Trinajstić information content (AvgIpc) is 3.20. The molecule has 10 heteroatoms. The standard InChI is InChI=1S/C20H22N4O3S3/c1-2-3-12-21-30(26,27)17-11-7-8-15(13-17)19(25)22-20-24-23-18(29-20)14-28-16-9-5-4-6-10-16/h4-11,13,21H,2-3,12,14H2,1H3,(H,22,24,25). The van der Waals surface area contributed by atoms with Crippen molar-refractivity contribution in [3.63, 3.8) is 0 Å². The Kier molecular flexibility index (Phi) is 7.97. The molecule has 0 spiro atoms. The maximum absolute atomic E-state index is 12.5. The second kappa shape index (κ2) is 10.7. The Labute approximate surface area is 184 Å². The van der Waals surface area contributed by atoms with Gasteiger partial charge in [-0.05, 0) is 36.8 Å². The van der Waals surface area contributed by atoms with Crippen LogP contribution in [0.15, 0.2) is 64.4 Å². The number of anilines is 1. The third-order valence-electron chi connectivity index (χ3n) is 4.02. The number of nitrogens with one attached hydrogen (secondary N) is 2. The summed E-state index contributed by atoms with van der Waals surface area (Å²) in [6, 6.07) is 15.9. The van der Waals surface area contributed by atoms with Crippen LogP contribution in [0.2, 0.25) is 0 Å². The Morgan fingerprint density at radius 1 is 1.10 bits per heavy atom. The highest BCUT2D eigenvalue weighted by Gasteiger charge is 2.17. The molecule has 7 nitrogen and oxygen atoms in total. The Morgan fingerprint density at radius 3 is 2.67 bits per heavy atom. The molecule has 0 aliphatic rings. The summed E-state index contributed by atoms with van der Waals surface area (Å²) in [7, 11) is -3.65. The van der Waals surface area contributed by atoms with E-state index in [1.165, 1.54) is 23.5 Å². The summed E-state index contributed by atoms with van der Waals surface area (Å²) < 4.78 is 27.3. The number of hydrogen-bond acceptors (Lipinski definition) is 7. The van der Waals surface area contributed by atoms with Crippen molar-refractivity contribution in [3.8, 4) is 0 Å². The molecule has 1 heterocycles. The second-order valence-corrected chi connectivity index (χ2v) is 10.2. The number of aromatic nitrogens is 2. The Hall–Kier alpha value is -2.27. The lowest BCUT2D eigenvalue weighted by Gasteiger charge is -2.08. The SMILES string of the molecule is CCCCNS(=O)(=O)c1cccc(C(=O)Nc2nnc(CSc3ccccc3)s2)c1. The van der Waals surface area contributed by atoms with Gasteiger partial charge in [0.05, 0.1) is 10.6 Å². The molecule has 0 saturated heterocycles. The molecule has 0 fully saturated rings. The summed E-state index contributed by atoms with van der Waals surface area (Å²) in [5.41, 5.74) is 0.240. The van der Waals surface area contributed by atoms with E-state index in [2.05, 4.69) is 20.2 Å². The number of carbonyl (C=O) groups excluding carboxylic acids is 1. The average molecular weight is 463 g/mol. The number of unbranched alkanes of at least 4 members (excludes halogenated alkanes) is 1. The van der Waals surface area contributed by atoms with Crippen molar-refractivity contribution in [2.75, 3.05) is 11.9 Å². The van der Waals surface area contributed by atoms with E-state index in [9.17, 15) is 13.2 Å². The molecule has 0 aliphatic carbocycles. The van der Waals surface area contributed by atoms with Gasteiger partial charge in [0.15, 0.2) is 0 Å². The van der Waals surface area contributed by atoms with E-state index in [1.807, 2.05) is 37.3 Å². The molecule has 1 aromatic heterocycles. The van der Waals surface area contributed by atoms with Gasteiger partial charge in [0.2, 0.25) is 15.2 Å². The quantitative estimate of drug-likeness (QED) is 0.347. The number of rotatable bonds is 10. The van der Waals surface area contributed by atoms with Crippen molar-refractivity contribution in [2.45, 2.75) is 35.3 Å². The third-order valence-corrected chi connectivity index (χ3v) is 7.53. The fourth-order valence-corrected chi connectivity index (χ4v) is 5.22. The van der Waals surface area contributed by atoms with Gasteiger partial charge in [0, 0.05) is 17.0 Å². The highest BCUT2D eigenvalue weighted by Crippen LogP contribution is 2.26. The third kappa shape index (κ3) is 6.36. The van der Waals surface area contributed by atoms with Crippen LogP contribution in [0.25, 0.3) is 0 Å². The predicted octanol–water partition coefficient (Wildman–Crippen LogP) is 4.16. The number of carbonyl (C=O) groups is 1. The van der Waals surface area contributed by atoms with Crippen LogP contribution in [0.1, 0.15) is 35.1 Å². The summed E-state index contributed by atoms with van der Waals surface area (Å²) in [5.74, 6) is 0.216. The molecule has 0 aliphatic heterocycles. The number of amides is 1. The van der Waals surface area contributed by atoms with Crippen molar-refractivity contribution in [1.82, 2.24) is 14.9 Å². The van der Waals surface area contributed by atoms with Crippen LogP contribution >= 0.6 is 23.1 Å². The molecule has 0 unspecified atom stereocenters. The maximum Gasteiger partial charge on any atom is 0.257 e. The van der Waals surface area contributed by atoms with Crippen molar-refractivity contribution >= 4 is 44.2 Å². The lowest BCUT2D eigenvalue weighted by atomic mass is 10.2. The molecular formula is C20H22N4O3S3. The minimum absolute atomic E-state index is 0.0588. The fraction of sp³-hybridized carbons (Fsp3) is 0.250. The molecule has 0 radical (unpaired) electrons. The Balaban J connectivity index is 1.62. The van der Waals surface area contributed by atoms with E-state index in [-0.39, 0.29) is 10.5 Å². The van der Waals surface area contributed by atoms with Gasteiger partial charge in [-0.15, -0.1) is 22.0 Å². The molecule has 1 amide bonds. The summed E-state index contributed by atoms with van der Waals surface area (Å²) in [6.45, 7) is 2.35. The van der Waals surface area contributed by atoms with Crippen molar-refractivity contribution < 1.29 is 13.2 Å². The lowest BCUT2D eigenvalue weighted by molar-refractivity contribution is 0.102. The van der Waals surface area contributed by atoms with Crippen molar-refractivity contribution in [2.24, 2.45) is 0 Å². The van der Waals surface area contributed by atoms with Crippen LogP contribution in [0.5, 0.6) is 0 Å². The lowest BCUT2D eigenvalue weighted by Crippen LogP contribution is -2.25. The van der Waals surface area contributed by atoms with Gasteiger partial charge in [-0.1, -0.05) is 48.9 Å². The second-order valence-electron chi connectivity index (χ2n) is 6.34. The van der Waals surface area contributed by atoms with Crippen LogP contribution in [-0.2, 0) is 15.8 Å². The molecule has 0 atom stereocenters. The number of nitrogens with zero attached hydrogens (tertiary/aromatic N) is 2. The van der Waals surface area contributed by atoms with Gasteiger partial charge in [0.1, 0.15) is 5.01 Å². The van der Waals surface area contributed by atoms with Crippen LogP contribution in [-0.4, -0.2) is 31.1 Å². The van der Waals surface area contributed by atoms with Gasteiger partial charge < -0.3 is 0 Å². The fourth-order valence-electron chi connectivity index (χ4n) is 2.46. The maximum atomic E-state index is 12.5. The Bertz CT molecular complexity index is 1090. The van der Waals surface area contributed by atoms with Crippen LogP contribution in [0.4, 0.5) is 5.13 Å². The highest BCUT2D eigenvalue weighted by atomic mass is 32.2.